The van der Waals surface area contributed by atoms with Gasteiger partial charge in [-0.1, -0.05) is 112 Å². The van der Waals surface area contributed by atoms with E-state index in [1.165, 1.54) is 72.8 Å². The van der Waals surface area contributed by atoms with Gasteiger partial charge in [0.05, 0.1) is 43.5 Å². The van der Waals surface area contributed by atoms with Crippen LogP contribution in [-0.4, -0.2) is 68.7 Å². The number of carbonyl (C=O) groups excluding carboxylic acids is 2. The van der Waals surface area contributed by atoms with E-state index in [9.17, 15) is 80.7 Å². The minimum Gasteiger partial charge on any atom is -0.465 e. The summed E-state index contributed by atoms with van der Waals surface area (Å²) in [6.07, 6.45) is 1.14. The van der Waals surface area contributed by atoms with Gasteiger partial charge in [-0.05, 0) is 153 Å². The predicted molar refractivity (Wildman–Crippen MR) is 430 cm³/mol. The smallest absolute Gasteiger partial charge is 0.338 e. The number of halogens is 20. The quantitative estimate of drug-likeness (QED) is 0.00829. The van der Waals surface area contributed by atoms with E-state index in [0.29, 0.717) is 65.5 Å². The minimum atomic E-state index is -1.16. The molecule has 0 saturated heterocycles. The fraction of sp³-hybridized carbons (Fsp3) is 0.125. The van der Waals surface area contributed by atoms with Crippen molar-refractivity contribution in [3.05, 3.63) is 312 Å². The summed E-state index contributed by atoms with van der Waals surface area (Å²) in [6.45, 7) is 0. The van der Waals surface area contributed by atoms with Crippen molar-refractivity contribution in [3.63, 3.8) is 0 Å². The minimum absolute atomic E-state index is 0.0172. The lowest BCUT2D eigenvalue weighted by Gasteiger charge is -2.11. The van der Waals surface area contributed by atoms with Gasteiger partial charge < -0.3 is 44.3 Å². The molecule has 0 aromatic heterocycles. The number of Topliss-reactive ketones (excluding diaryl/α,β-unsaturated/α-hetero) is 1. The average Bonchev–Trinajstić information content (AvgIpc) is 1.73. The zero-order valence-corrected chi connectivity index (χ0v) is 65.5. The normalized spacial score (nSPS) is 12.9. The second kappa shape index (κ2) is 37.9. The molecule has 13 N–H and O–H groups in total. The van der Waals surface area contributed by atoms with Crippen LogP contribution in [0.2, 0.25) is 25.1 Å². The highest BCUT2D eigenvalue weighted by molar-refractivity contribution is 7.81. The molecule has 0 spiro atoms. The number of hydrogen-bond acceptors (Lipinski definition) is 18. The lowest BCUT2D eigenvalue weighted by Crippen LogP contribution is -2.14. The van der Waals surface area contributed by atoms with E-state index in [-0.39, 0.29) is 174 Å². The van der Waals surface area contributed by atoms with Crippen molar-refractivity contribution in [1.29, 1.82) is 0 Å². The number of ketones is 1. The Morgan fingerprint density at radius 3 is 0.907 bits per heavy atom. The van der Waals surface area contributed by atoms with Crippen LogP contribution < -0.4 is 34.4 Å². The Labute approximate surface area is 695 Å². The third-order valence-electron chi connectivity index (χ3n) is 17.6. The molecule has 118 heavy (non-hydrogen) atoms. The largest absolute Gasteiger partial charge is 0.465 e. The van der Waals surface area contributed by atoms with E-state index in [1.807, 2.05) is 0 Å². The summed E-state index contributed by atoms with van der Waals surface area (Å²) in [5, 5.41) is 12.3. The van der Waals surface area contributed by atoms with E-state index in [1.54, 1.807) is 12.1 Å². The molecule has 0 atom stereocenters. The molecule has 610 valence electrons. The summed E-state index contributed by atoms with van der Waals surface area (Å²) >= 11 is 38.9. The van der Waals surface area contributed by atoms with Crippen molar-refractivity contribution in [2.45, 2.75) is 57.8 Å². The third kappa shape index (κ3) is 20.5. The second-order valence-electron chi connectivity index (χ2n) is 25.8. The van der Waals surface area contributed by atoms with Crippen LogP contribution in [0.1, 0.15) is 87.5 Å². The van der Waals surface area contributed by atoms with Crippen LogP contribution in [0.3, 0.4) is 0 Å². The van der Waals surface area contributed by atoms with E-state index >= 15 is 0 Å². The Balaban J connectivity index is 0.000000152. The molecular weight excluding hydrogens is 1720 g/mol. The van der Waals surface area contributed by atoms with Gasteiger partial charge in [-0.25, -0.2) is 95.6 Å². The van der Waals surface area contributed by atoms with Crippen molar-refractivity contribution >= 4 is 173 Å². The number of carbonyl (C=O) groups is 2. The molecule has 38 heteroatoms. The number of thiocarbonyl (C=S) groups is 2. The molecule has 5 heterocycles. The van der Waals surface area contributed by atoms with Gasteiger partial charge in [0.25, 0.3) is 0 Å². The van der Waals surface area contributed by atoms with Crippen molar-refractivity contribution < 1.29 is 85.4 Å². The zero-order chi connectivity index (χ0) is 86.3. The monoisotopic (exact) mass is 1770 g/mol. The second-order valence-corrected chi connectivity index (χ2v) is 28.8. The van der Waals surface area contributed by atoms with Crippen LogP contribution in [0.15, 0.2) is 151 Å². The Bertz CT molecular complexity index is 5700. The number of anilines is 1. The molecule has 16 nitrogen and oxygen atoms in total. The van der Waals surface area contributed by atoms with Crippen molar-refractivity contribution in [2.75, 3.05) is 12.8 Å². The maximum absolute atomic E-state index is 13.8. The highest BCUT2D eigenvalue weighted by atomic mass is 35.5. The van der Waals surface area contributed by atoms with E-state index in [4.69, 9.17) is 117 Å². The summed E-state index contributed by atoms with van der Waals surface area (Å²) in [7, 11) is 1.16. The Morgan fingerprint density at radius 1 is 0.356 bits per heavy atom. The first-order chi connectivity index (χ1) is 55.7. The maximum atomic E-state index is 13.8. The van der Waals surface area contributed by atoms with Crippen molar-refractivity contribution in [2.24, 2.45) is 58.8 Å². The number of benzene rings is 10. The number of nitrogens with two attached hydrogens (primary N) is 6. The van der Waals surface area contributed by atoms with Crippen LogP contribution in [0.25, 0.3) is 0 Å². The molecule has 0 bridgehead atoms. The predicted octanol–water partition coefficient (Wildman–Crippen LogP) is 19.3. The van der Waals surface area contributed by atoms with Crippen LogP contribution in [0, 0.1) is 87.3 Å². The first-order valence-corrected chi connectivity index (χ1v) is 36.5. The molecule has 5 aliphatic heterocycles. The number of rotatable bonds is 13. The number of fused-ring (bicyclic) bond motifs is 5. The number of amidine groups is 5. The van der Waals surface area contributed by atoms with Crippen LogP contribution in [0.4, 0.5) is 100.0 Å². The number of esters is 1. The maximum Gasteiger partial charge on any atom is 0.338 e. The van der Waals surface area contributed by atoms with E-state index < -0.39 is 99.0 Å². The molecule has 0 aliphatic carbocycles. The number of nitrogen functional groups attached to an aromatic ring is 1. The summed E-state index contributed by atoms with van der Waals surface area (Å²) in [6, 6.07) is 25.1. The molecular formula is C80H54Cl5F15N12O4S2. The lowest BCUT2D eigenvalue weighted by molar-refractivity contribution is 0.0598. The molecule has 0 unspecified atom stereocenters. The number of aliphatic imine (C=N–C) groups is 5. The van der Waals surface area contributed by atoms with Gasteiger partial charge in [-0.2, -0.15) is 0 Å². The number of methoxy groups -OCH3 is 1. The Hall–Kier alpha value is -11.5. The average molecular weight is 1770 g/mol. The SMILES string of the molecule is COC(=O)c1cc(F)c(F)c2c1CC(N)=N2.NC1=Nc2c(F)c(F)cc(/C(Cc3ccc(F)c(Cl)c3)=N/O)c2C1.NC1=Nc2c(F)c(F)cc(C(=O)Cc3ccc(F)c(Cl)c3)c2C1.NC1=Nc2c(F)c(F)cc(C(=S)Cc3ccc(F)c(Cl)c3)c2C1.NC1=Nc2c(F)c(F)cc(C(=S)Cc3ccc(F)c(Cl)c3)c2C1.Nc1ccc(F)c(Cl)c1. The summed E-state index contributed by atoms with van der Waals surface area (Å²) in [4.78, 5) is 43.4. The highest BCUT2D eigenvalue weighted by Crippen LogP contribution is 2.40. The van der Waals surface area contributed by atoms with Gasteiger partial charge in [-0.3, -0.25) is 4.79 Å². The number of hydrogen-bond donors (Lipinski definition) is 7. The van der Waals surface area contributed by atoms with Crippen LogP contribution in [0.5, 0.6) is 0 Å². The van der Waals surface area contributed by atoms with Gasteiger partial charge in [0, 0.05) is 89.9 Å². The molecule has 0 radical (unpaired) electrons. The van der Waals surface area contributed by atoms with Crippen LogP contribution >= 0.6 is 82.4 Å². The topological polar surface area (TPSA) is 294 Å². The summed E-state index contributed by atoms with van der Waals surface area (Å²) in [5.41, 5.74) is 37.9. The van der Waals surface area contributed by atoms with E-state index in [2.05, 4.69) is 34.9 Å². The molecule has 0 amide bonds. The number of ether oxygens (including phenoxy) is 1. The molecule has 5 aliphatic rings. The van der Waals surface area contributed by atoms with Gasteiger partial charge in [0.15, 0.2) is 64.0 Å². The summed E-state index contributed by atoms with van der Waals surface area (Å²) in [5.74, 6) is -13.9. The molecule has 15 rings (SSSR count). The first-order valence-electron chi connectivity index (χ1n) is 33.8. The molecule has 0 saturated carbocycles. The molecule has 10 aromatic carbocycles. The zero-order valence-electron chi connectivity index (χ0n) is 60.1. The lowest BCUT2D eigenvalue weighted by atomic mass is 9.95. The van der Waals surface area contributed by atoms with Gasteiger partial charge in [0.1, 0.15) is 86.7 Å². The van der Waals surface area contributed by atoms with Gasteiger partial charge >= 0.3 is 5.97 Å². The summed E-state index contributed by atoms with van der Waals surface area (Å²) < 4.78 is 206. The fourth-order valence-corrected chi connectivity index (χ4v) is 13.9. The molecule has 0 fully saturated rings. The molecule has 10 aromatic rings. The first kappa shape index (κ1) is 88.9. The van der Waals surface area contributed by atoms with Crippen molar-refractivity contribution in [1.82, 2.24) is 0 Å². The Kier molecular flexibility index (Phi) is 28.5. The number of oxime groups is 1. The highest BCUT2D eigenvalue weighted by Gasteiger charge is 2.32. The van der Waals surface area contributed by atoms with Gasteiger partial charge in [-0.15, -0.1) is 0 Å². The fourth-order valence-electron chi connectivity index (χ4n) is 12.2. The van der Waals surface area contributed by atoms with Crippen molar-refractivity contribution in [3.8, 4) is 0 Å². The van der Waals surface area contributed by atoms with Crippen LogP contribution in [-0.2, 0) is 62.5 Å². The number of nitrogens with zero attached hydrogens (tertiary/aromatic N) is 6. The standard InChI is InChI=1S/C16H11ClF3N3O.C16H10ClF3N2O.2C16H10ClF3N2S.C10H8F2N2O2.C6H5ClFN/c17-10-3-7(1-2-11(10)18)4-13(23-24)8-5-12(19)15(20)16-9(8)6-14(21)22-16;3*17-10-3-7(1-2-11(10)18)4-13(23)8-5-12(19)15(20)16-9(8)6-14(21)22-16;1-16-10(15)5-2-6(11)8(12)9-4(5)3-7(13)14-9;7-5-3-4(9)1-2-6(5)8/h1-3,5,24H,4,6H2,(H2,21,22);3*1-3,5H,4,6H2,(H2,21,22);2H,3H2,1H3,(H2,13,14);1-3H,9H2/b23-13+;;;;;. The van der Waals surface area contributed by atoms with E-state index in [0.717, 1.165) is 43.5 Å². The third-order valence-corrected chi connectivity index (χ3v) is 19.8. The Morgan fingerprint density at radius 2 is 0.610 bits per heavy atom. The van der Waals surface area contributed by atoms with Gasteiger partial charge in [0.2, 0.25) is 0 Å².